The smallest absolute Gasteiger partial charge is 0.508 e. The summed E-state index contributed by atoms with van der Waals surface area (Å²) >= 11 is 0. The van der Waals surface area contributed by atoms with Crippen molar-refractivity contribution in [2.45, 2.75) is 0 Å². The summed E-state index contributed by atoms with van der Waals surface area (Å²) < 4.78 is 0. The van der Waals surface area contributed by atoms with Gasteiger partial charge in [-0.05, 0) is 30.3 Å². The first kappa shape index (κ1) is 13.3. The van der Waals surface area contributed by atoms with E-state index in [-0.39, 0.29) is 18.6 Å². The van der Waals surface area contributed by atoms with Crippen LogP contribution in [-0.2, 0) is 0 Å². The molecule has 0 aliphatic heterocycles. The van der Waals surface area contributed by atoms with Gasteiger partial charge in [0.1, 0.15) is 5.75 Å². The number of aromatic hydroxyl groups is 2. The quantitative estimate of drug-likeness (QED) is 0.311. The molecule has 18 heavy (non-hydrogen) atoms. The Morgan fingerprint density at radius 3 is 2.00 bits per heavy atom. The van der Waals surface area contributed by atoms with E-state index in [0.717, 1.165) is 0 Å². The van der Waals surface area contributed by atoms with E-state index in [2.05, 4.69) is 0 Å². The predicted octanol–water partition coefficient (Wildman–Crippen LogP) is 2.39. The summed E-state index contributed by atoms with van der Waals surface area (Å²) in [6.45, 7) is 0. The Kier molecular flexibility index (Phi) is 4.50. The molecule has 0 unspecified atom stereocenters. The lowest BCUT2D eigenvalue weighted by atomic mass is 10.3. The highest BCUT2D eigenvalue weighted by atomic mass is 16.6. The first-order valence-electron chi connectivity index (χ1n) is 4.97. The van der Waals surface area contributed by atoms with Gasteiger partial charge >= 0.3 is 7.11 Å². The number of nitro groups is 1. The number of phenols is 2. The lowest BCUT2D eigenvalue weighted by Crippen LogP contribution is -1.86. The molecule has 2 rings (SSSR count). The minimum Gasteiger partial charge on any atom is -0.508 e. The van der Waals surface area contributed by atoms with Gasteiger partial charge in [0.05, 0.1) is 4.92 Å². The Bertz CT molecular complexity index is 511. The fraction of sp³-hybridized carbons (Fsp3) is 0. The van der Waals surface area contributed by atoms with Gasteiger partial charge in [-0.1, -0.05) is 12.1 Å². The number of hydrogen-bond donors (Lipinski definition) is 3. The van der Waals surface area contributed by atoms with E-state index in [1.54, 1.807) is 24.3 Å². The molecule has 0 radical (unpaired) electrons. The van der Waals surface area contributed by atoms with Crippen LogP contribution in [0.4, 0.5) is 11.4 Å². The predicted molar refractivity (Wildman–Crippen MR) is 68.4 cm³/mol. The molecule has 0 bridgehead atoms. The first-order valence-corrected chi connectivity index (χ1v) is 4.97. The average Bonchev–Trinajstić information content (AvgIpc) is 2.34. The van der Waals surface area contributed by atoms with Crippen molar-refractivity contribution in [2.75, 3.05) is 5.73 Å². The van der Waals surface area contributed by atoms with Crippen molar-refractivity contribution in [2.24, 2.45) is 0 Å². The molecule has 0 fully saturated rings. The molecule has 0 amide bonds. The summed E-state index contributed by atoms with van der Waals surface area (Å²) in [5, 5.41) is 27.6. The molecule has 0 atom stereocenters. The Morgan fingerprint density at radius 2 is 1.61 bits per heavy atom. The van der Waals surface area contributed by atoms with E-state index in [1.165, 1.54) is 24.3 Å². The average molecular weight is 249 g/mol. The molecule has 2 aromatic rings. The molecule has 0 spiro atoms. The minimum atomic E-state index is -0.630. The zero-order valence-corrected chi connectivity index (χ0v) is 9.35. The molecular formula is C12H13N2O4+. The van der Waals surface area contributed by atoms with Crippen LogP contribution in [0.3, 0.4) is 0 Å². The van der Waals surface area contributed by atoms with Crippen LogP contribution in [0.2, 0.25) is 0 Å². The van der Waals surface area contributed by atoms with E-state index >= 15 is 0 Å². The number of nitrogens with two attached hydrogens (primary N) is 1. The molecule has 0 aliphatic rings. The second kappa shape index (κ2) is 6.09. The molecule has 2 aromatic carbocycles. The third kappa shape index (κ3) is 4.01. The second-order valence-electron chi connectivity index (χ2n) is 3.34. The number of para-hydroxylation sites is 2. The number of hydrogen-bond acceptors (Lipinski definition) is 5. The fourth-order valence-electron chi connectivity index (χ4n) is 1.09. The number of anilines is 1. The van der Waals surface area contributed by atoms with Crippen LogP contribution in [0.15, 0.2) is 48.5 Å². The largest absolute Gasteiger partial charge is 1.00 e. The van der Waals surface area contributed by atoms with Crippen LogP contribution in [0.5, 0.6) is 11.5 Å². The van der Waals surface area contributed by atoms with Gasteiger partial charge in [0.25, 0.3) is 0 Å². The number of nitro benzene ring substituents is 1. The summed E-state index contributed by atoms with van der Waals surface area (Å²) in [6.07, 6.45) is 0. The number of phenolic OH excluding ortho intramolecular Hbond substituents is 2. The van der Waals surface area contributed by atoms with E-state index in [4.69, 9.17) is 15.9 Å². The van der Waals surface area contributed by atoms with E-state index in [0.29, 0.717) is 5.69 Å². The Labute approximate surface area is 105 Å². The molecule has 0 aromatic heterocycles. The molecule has 6 heteroatoms. The normalized spacial score (nSPS) is 9.11. The summed E-state index contributed by atoms with van der Waals surface area (Å²) in [5.74, 6) is -0.0494. The van der Waals surface area contributed by atoms with Crippen molar-refractivity contribution < 1.29 is 16.6 Å². The maximum Gasteiger partial charge on any atom is 1.00 e. The standard InChI is InChI=1S/C6H5NO3.C6H7NO/c8-6-4-2-1-3-5(6)7(9)10;7-5-1-3-6(8)4-2-5/h1-4,8H;1-4,8H,7H2/p+1. The minimum absolute atomic E-state index is 0. The Balaban J connectivity index is 0.000000331. The van der Waals surface area contributed by atoms with Crippen LogP contribution in [0, 0.1) is 10.1 Å². The van der Waals surface area contributed by atoms with E-state index < -0.39 is 4.92 Å². The maximum absolute atomic E-state index is 10.1. The number of nitrogens with zero attached hydrogens (tertiary/aromatic N) is 1. The number of benzene rings is 2. The van der Waals surface area contributed by atoms with Gasteiger partial charge in [0, 0.05) is 11.8 Å². The van der Waals surface area contributed by atoms with Crippen molar-refractivity contribution in [3.05, 3.63) is 58.6 Å². The number of nitrogen functional groups attached to an aromatic ring is 1. The molecule has 4 N–H and O–H groups in total. The van der Waals surface area contributed by atoms with Crippen LogP contribution in [0.25, 0.3) is 0 Å². The molecular weight excluding hydrogens is 236 g/mol. The van der Waals surface area contributed by atoms with Gasteiger partial charge in [0.15, 0.2) is 5.75 Å². The van der Waals surface area contributed by atoms with Crippen molar-refractivity contribution in [1.29, 1.82) is 0 Å². The van der Waals surface area contributed by atoms with Crippen LogP contribution >= 0.6 is 0 Å². The summed E-state index contributed by atoms with van der Waals surface area (Å²) in [5.41, 5.74) is 5.72. The molecule has 0 saturated heterocycles. The van der Waals surface area contributed by atoms with Gasteiger partial charge in [-0.15, -0.1) is 0 Å². The first-order chi connectivity index (χ1) is 8.50. The zero-order valence-electron chi connectivity index (χ0n) is 10.4. The van der Waals surface area contributed by atoms with Gasteiger partial charge < -0.3 is 15.9 Å². The Hall–Kier alpha value is -2.76. The summed E-state index contributed by atoms with van der Waals surface area (Å²) in [4.78, 5) is 9.44. The third-order valence-electron chi connectivity index (χ3n) is 1.97. The molecule has 94 valence electrons. The molecule has 0 saturated carbocycles. The summed E-state index contributed by atoms with van der Waals surface area (Å²) in [7, 11) is 0. The highest BCUT2D eigenvalue weighted by Gasteiger charge is 2.09. The van der Waals surface area contributed by atoms with Gasteiger partial charge in [0.2, 0.25) is 0 Å². The number of rotatable bonds is 1. The van der Waals surface area contributed by atoms with Crippen LogP contribution < -0.4 is 5.73 Å². The highest BCUT2D eigenvalue weighted by Crippen LogP contribution is 2.23. The highest BCUT2D eigenvalue weighted by molar-refractivity contribution is 5.44. The Morgan fingerprint density at radius 1 is 1.06 bits per heavy atom. The third-order valence-corrected chi connectivity index (χ3v) is 1.97. The second-order valence-corrected chi connectivity index (χ2v) is 3.34. The molecule has 6 nitrogen and oxygen atoms in total. The van der Waals surface area contributed by atoms with E-state index in [1.807, 2.05) is 0 Å². The van der Waals surface area contributed by atoms with Crippen LogP contribution in [-0.4, -0.2) is 15.1 Å². The lowest BCUT2D eigenvalue weighted by molar-refractivity contribution is -0.385. The van der Waals surface area contributed by atoms with Gasteiger partial charge in [-0.3, -0.25) is 10.1 Å². The summed E-state index contributed by atoms with van der Waals surface area (Å²) in [6, 6.07) is 11.9. The SMILES string of the molecule is Nc1ccc(O)cc1.O=[N+]([O-])c1ccccc1O.[H+]. The molecule has 0 aliphatic carbocycles. The fourth-order valence-corrected chi connectivity index (χ4v) is 1.09. The van der Waals surface area contributed by atoms with Crippen molar-refractivity contribution in [3.63, 3.8) is 0 Å². The monoisotopic (exact) mass is 249 g/mol. The van der Waals surface area contributed by atoms with E-state index in [9.17, 15) is 10.1 Å². The van der Waals surface area contributed by atoms with Crippen molar-refractivity contribution >= 4 is 11.4 Å². The molecule has 0 heterocycles. The topological polar surface area (TPSA) is 110 Å². The lowest BCUT2D eigenvalue weighted by Gasteiger charge is -1.91. The zero-order chi connectivity index (χ0) is 13.5. The van der Waals surface area contributed by atoms with Gasteiger partial charge in [-0.25, -0.2) is 0 Å². The van der Waals surface area contributed by atoms with Crippen LogP contribution in [0.1, 0.15) is 1.43 Å². The van der Waals surface area contributed by atoms with Gasteiger partial charge in [-0.2, -0.15) is 0 Å². The maximum atomic E-state index is 10.1. The van der Waals surface area contributed by atoms with Crippen molar-refractivity contribution in [3.8, 4) is 11.5 Å². The van der Waals surface area contributed by atoms with Crippen molar-refractivity contribution in [1.82, 2.24) is 0 Å².